The Labute approximate surface area is 136 Å². The van der Waals surface area contributed by atoms with E-state index >= 15 is 0 Å². The number of carbonyl (C=O) groups is 1. The van der Waals surface area contributed by atoms with Gasteiger partial charge in [0.05, 0.1) is 5.69 Å². The van der Waals surface area contributed by atoms with Crippen LogP contribution >= 0.6 is 0 Å². The maximum absolute atomic E-state index is 12.1. The van der Waals surface area contributed by atoms with Gasteiger partial charge in [-0.2, -0.15) is 0 Å². The lowest BCUT2D eigenvalue weighted by Gasteiger charge is -2.25. The van der Waals surface area contributed by atoms with E-state index < -0.39 is 0 Å². The van der Waals surface area contributed by atoms with Crippen LogP contribution in [0.3, 0.4) is 0 Å². The van der Waals surface area contributed by atoms with Crippen molar-refractivity contribution in [2.75, 3.05) is 18.8 Å². The Morgan fingerprint density at radius 3 is 2.48 bits per heavy atom. The van der Waals surface area contributed by atoms with Crippen LogP contribution in [-0.2, 0) is 4.79 Å². The van der Waals surface area contributed by atoms with E-state index in [-0.39, 0.29) is 5.91 Å². The molecule has 2 heterocycles. The molecule has 0 unspecified atom stereocenters. The molecule has 0 radical (unpaired) electrons. The summed E-state index contributed by atoms with van der Waals surface area (Å²) in [4.78, 5) is 18.4. The number of aromatic nitrogens is 1. The van der Waals surface area contributed by atoms with Crippen molar-refractivity contribution in [1.82, 2.24) is 9.88 Å². The van der Waals surface area contributed by atoms with Crippen LogP contribution in [0.2, 0.25) is 0 Å². The predicted octanol–water partition coefficient (Wildman–Crippen LogP) is 3.36. The second-order valence-electron chi connectivity index (χ2n) is 5.75. The van der Waals surface area contributed by atoms with E-state index in [1.807, 2.05) is 47.4 Å². The lowest BCUT2D eigenvalue weighted by atomic mass is 10.1. The Hall–Kier alpha value is -2.62. The van der Waals surface area contributed by atoms with Crippen LogP contribution in [0.25, 0.3) is 17.2 Å². The van der Waals surface area contributed by atoms with Crippen molar-refractivity contribution in [3.05, 3.63) is 54.2 Å². The molecular formula is C19H21N3O. The normalized spacial score (nSPS) is 15.0. The van der Waals surface area contributed by atoms with Crippen LogP contribution in [0, 0.1) is 0 Å². The lowest BCUT2D eigenvalue weighted by molar-refractivity contribution is -0.126. The molecule has 1 saturated heterocycles. The molecule has 0 atom stereocenters. The summed E-state index contributed by atoms with van der Waals surface area (Å²) in [5, 5.41) is 0. The zero-order valence-electron chi connectivity index (χ0n) is 13.1. The van der Waals surface area contributed by atoms with E-state index in [1.165, 1.54) is 6.42 Å². The number of nitrogen functional groups attached to an aromatic ring is 1. The molecule has 0 spiro atoms. The summed E-state index contributed by atoms with van der Waals surface area (Å²) in [6.07, 6.45) is 6.73. The highest BCUT2D eigenvalue weighted by atomic mass is 16.2. The third kappa shape index (κ3) is 3.77. The fourth-order valence-corrected chi connectivity index (χ4v) is 2.82. The van der Waals surface area contributed by atoms with Crippen LogP contribution in [0.5, 0.6) is 0 Å². The maximum Gasteiger partial charge on any atom is 0.246 e. The lowest BCUT2D eigenvalue weighted by Crippen LogP contribution is -2.34. The number of nitrogens with zero attached hydrogens (tertiary/aromatic N) is 2. The first-order valence-electron chi connectivity index (χ1n) is 8.03. The highest BCUT2D eigenvalue weighted by Crippen LogP contribution is 2.24. The minimum absolute atomic E-state index is 0.0530. The number of anilines is 1. The van der Waals surface area contributed by atoms with Crippen LogP contribution in [0.4, 0.5) is 5.82 Å². The average Bonchev–Trinajstić information content (AvgIpc) is 2.61. The van der Waals surface area contributed by atoms with Crippen LogP contribution in [0.1, 0.15) is 25.0 Å². The number of likely N-dealkylation sites (tertiary alicyclic amines) is 1. The molecule has 118 valence electrons. The third-order valence-electron chi connectivity index (χ3n) is 4.10. The van der Waals surface area contributed by atoms with Gasteiger partial charge < -0.3 is 10.6 Å². The quantitative estimate of drug-likeness (QED) is 0.885. The molecule has 1 aromatic heterocycles. The number of hydrogen-bond acceptors (Lipinski definition) is 3. The standard InChI is InChI=1S/C19H21N3O/c20-19-17(15-7-3-1-4-8-15)11-9-16(21-19)10-12-18(23)22-13-5-2-6-14-22/h1,3-4,7-12H,2,5-6,13-14H2,(H2,20,21). The second-order valence-corrected chi connectivity index (χ2v) is 5.75. The smallest absolute Gasteiger partial charge is 0.246 e. The number of benzene rings is 1. The van der Waals surface area contributed by atoms with Gasteiger partial charge in [-0.25, -0.2) is 4.98 Å². The predicted molar refractivity (Wildman–Crippen MR) is 93.6 cm³/mol. The highest BCUT2D eigenvalue weighted by molar-refractivity contribution is 5.91. The number of carbonyl (C=O) groups excluding carboxylic acids is 1. The van der Waals surface area contributed by atoms with Gasteiger partial charge in [-0.3, -0.25) is 4.79 Å². The van der Waals surface area contributed by atoms with Gasteiger partial charge in [-0.15, -0.1) is 0 Å². The summed E-state index contributed by atoms with van der Waals surface area (Å²) in [6.45, 7) is 1.71. The van der Waals surface area contributed by atoms with E-state index in [9.17, 15) is 4.79 Å². The van der Waals surface area contributed by atoms with Crippen LogP contribution in [0.15, 0.2) is 48.5 Å². The first kappa shape index (κ1) is 15.3. The minimum Gasteiger partial charge on any atom is -0.383 e. The molecule has 1 aliphatic heterocycles. The number of rotatable bonds is 3. The number of amides is 1. The van der Waals surface area contributed by atoms with E-state index in [2.05, 4.69) is 4.98 Å². The van der Waals surface area contributed by atoms with Crippen LogP contribution < -0.4 is 5.73 Å². The highest BCUT2D eigenvalue weighted by Gasteiger charge is 2.13. The number of hydrogen-bond donors (Lipinski definition) is 1. The summed E-state index contributed by atoms with van der Waals surface area (Å²) in [7, 11) is 0. The van der Waals surface area contributed by atoms with Gasteiger partial charge >= 0.3 is 0 Å². The molecule has 1 aliphatic rings. The maximum atomic E-state index is 12.1. The molecule has 0 bridgehead atoms. The monoisotopic (exact) mass is 307 g/mol. The summed E-state index contributed by atoms with van der Waals surface area (Å²) >= 11 is 0. The van der Waals surface area contributed by atoms with Gasteiger partial charge in [0.15, 0.2) is 0 Å². The van der Waals surface area contributed by atoms with Gasteiger partial charge in [-0.1, -0.05) is 30.3 Å². The topological polar surface area (TPSA) is 59.2 Å². The van der Waals surface area contributed by atoms with E-state index in [4.69, 9.17) is 5.73 Å². The summed E-state index contributed by atoms with van der Waals surface area (Å²) in [6, 6.07) is 13.8. The summed E-state index contributed by atoms with van der Waals surface area (Å²) in [5.74, 6) is 0.529. The molecule has 2 aromatic rings. The van der Waals surface area contributed by atoms with Gasteiger partial charge in [0.2, 0.25) is 5.91 Å². The SMILES string of the molecule is Nc1nc(C=CC(=O)N2CCCCC2)ccc1-c1ccccc1. The fraction of sp³-hybridized carbons (Fsp3) is 0.263. The Bertz CT molecular complexity index is 704. The van der Waals surface area contributed by atoms with Crippen molar-refractivity contribution in [2.24, 2.45) is 0 Å². The Morgan fingerprint density at radius 1 is 1.04 bits per heavy atom. The molecule has 4 heteroatoms. The minimum atomic E-state index is 0.0530. The molecule has 23 heavy (non-hydrogen) atoms. The zero-order chi connectivity index (χ0) is 16.1. The Kier molecular flexibility index (Phi) is 4.71. The summed E-state index contributed by atoms with van der Waals surface area (Å²) in [5.41, 5.74) is 8.71. The molecule has 2 N–H and O–H groups in total. The number of pyridine rings is 1. The van der Waals surface area contributed by atoms with Crippen molar-refractivity contribution in [1.29, 1.82) is 0 Å². The van der Waals surface area contributed by atoms with Crippen molar-refractivity contribution < 1.29 is 4.79 Å². The molecule has 1 amide bonds. The zero-order valence-corrected chi connectivity index (χ0v) is 13.1. The van der Waals surface area contributed by atoms with Gasteiger partial charge in [0.1, 0.15) is 5.82 Å². The fourth-order valence-electron chi connectivity index (χ4n) is 2.82. The van der Waals surface area contributed by atoms with Crippen LogP contribution in [-0.4, -0.2) is 28.9 Å². The summed E-state index contributed by atoms with van der Waals surface area (Å²) < 4.78 is 0. The van der Waals surface area contributed by atoms with Gasteiger partial charge in [0, 0.05) is 24.7 Å². The van der Waals surface area contributed by atoms with E-state index in [0.717, 1.165) is 37.1 Å². The molecule has 3 rings (SSSR count). The number of nitrogens with two attached hydrogens (primary N) is 1. The Morgan fingerprint density at radius 2 is 1.78 bits per heavy atom. The first-order chi connectivity index (χ1) is 11.2. The van der Waals surface area contributed by atoms with E-state index in [0.29, 0.717) is 11.5 Å². The third-order valence-corrected chi connectivity index (χ3v) is 4.10. The Balaban J connectivity index is 1.73. The average molecular weight is 307 g/mol. The molecule has 1 fully saturated rings. The van der Waals surface area contributed by atoms with Crippen molar-refractivity contribution in [3.63, 3.8) is 0 Å². The van der Waals surface area contributed by atoms with Crippen molar-refractivity contribution in [2.45, 2.75) is 19.3 Å². The molecular weight excluding hydrogens is 286 g/mol. The van der Waals surface area contributed by atoms with Gasteiger partial charge in [0.25, 0.3) is 0 Å². The molecule has 0 saturated carbocycles. The largest absolute Gasteiger partial charge is 0.383 e. The van der Waals surface area contributed by atoms with Gasteiger partial charge in [-0.05, 0) is 43.0 Å². The first-order valence-corrected chi connectivity index (χ1v) is 8.03. The van der Waals surface area contributed by atoms with Crippen molar-refractivity contribution >= 4 is 17.8 Å². The second kappa shape index (κ2) is 7.09. The molecule has 4 nitrogen and oxygen atoms in total. The number of piperidine rings is 1. The molecule has 0 aliphatic carbocycles. The molecule has 1 aromatic carbocycles. The van der Waals surface area contributed by atoms with Crippen molar-refractivity contribution in [3.8, 4) is 11.1 Å². The van der Waals surface area contributed by atoms with E-state index in [1.54, 1.807) is 12.2 Å².